The van der Waals surface area contributed by atoms with E-state index >= 15 is 0 Å². The van der Waals surface area contributed by atoms with Crippen LogP contribution in [0.2, 0.25) is 0 Å². The lowest BCUT2D eigenvalue weighted by atomic mass is 10.0. The maximum atomic E-state index is 12.0. The minimum absolute atomic E-state index is 0.0816. The van der Waals surface area contributed by atoms with Crippen molar-refractivity contribution < 1.29 is 9.59 Å². The van der Waals surface area contributed by atoms with Crippen LogP contribution in [0.5, 0.6) is 0 Å². The summed E-state index contributed by atoms with van der Waals surface area (Å²) in [5.74, 6) is -0.615. The van der Waals surface area contributed by atoms with Gasteiger partial charge in [0, 0.05) is 25.8 Å². The molecule has 0 saturated carbocycles. The second-order valence-corrected chi connectivity index (χ2v) is 6.93. The molecule has 0 aliphatic rings. The van der Waals surface area contributed by atoms with Gasteiger partial charge in [-0.05, 0) is 43.7 Å². The molecule has 0 radical (unpaired) electrons. The van der Waals surface area contributed by atoms with Gasteiger partial charge in [-0.2, -0.15) is 0 Å². The van der Waals surface area contributed by atoms with Gasteiger partial charge in [-0.25, -0.2) is 0 Å². The summed E-state index contributed by atoms with van der Waals surface area (Å²) in [6.45, 7) is 3.41. The highest BCUT2D eigenvalue weighted by atomic mass is 79.9. The van der Waals surface area contributed by atoms with Crippen LogP contribution in [0.3, 0.4) is 0 Å². The third-order valence-corrected chi connectivity index (χ3v) is 4.81. The van der Waals surface area contributed by atoms with E-state index in [-0.39, 0.29) is 5.78 Å². The van der Waals surface area contributed by atoms with E-state index in [2.05, 4.69) is 37.2 Å². The smallest absolute Gasteiger partial charge is 0.244 e. The number of carbonyl (C=O) groups is 2. The first-order valence-electron chi connectivity index (χ1n) is 6.92. The van der Waals surface area contributed by atoms with Gasteiger partial charge in [0.25, 0.3) is 0 Å². The van der Waals surface area contributed by atoms with Gasteiger partial charge in [-0.3, -0.25) is 9.59 Å². The number of nitrogens with one attached hydrogen (secondary N) is 1. The van der Waals surface area contributed by atoms with Gasteiger partial charge in [-0.15, -0.1) is 0 Å². The molecule has 6 heteroatoms. The zero-order chi connectivity index (χ0) is 17.1. The predicted molar refractivity (Wildman–Crippen MR) is 98.6 cm³/mol. The maximum absolute atomic E-state index is 12.0. The third-order valence-electron chi connectivity index (χ3n) is 3.43. The molecular weight excluding hydrogens is 424 g/mol. The third kappa shape index (κ3) is 4.00. The number of amides is 1. The number of hydrogen-bond acceptors (Lipinski definition) is 3. The van der Waals surface area contributed by atoms with E-state index in [4.69, 9.17) is 5.73 Å². The van der Waals surface area contributed by atoms with Gasteiger partial charge >= 0.3 is 0 Å². The van der Waals surface area contributed by atoms with E-state index < -0.39 is 11.9 Å². The van der Waals surface area contributed by atoms with Crippen LogP contribution in [0, 0.1) is 6.92 Å². The lowest BCUT2D eigenvalue weighted by molar-refractivity contribution is -0.118. The summed E-state index contributed by atoms with van der Waals surface area (Å²) >= 11 is 6.89. The number of benzene rings is 2. The quantitative estimate of drug-likeness (QED) is 0.679. The Kier molecular flexibility index (Phi) is 5.59. The number of Topliss-reactive ketones (excluding diaryl/α,β-unsaturated/α-hetero) is 1. The number of halogens is 2. The highest BCUT2D eigenvalue weighted by molar-refractivity contribution is 9.11. The number of nitrogens with two attached hydrogens (primary N) is 1. The minimum atomic E-state index is -0.778. The molecule has 1 atom stereocenters. The fourth-order valence-corrected chi connectivity index (χ4v) is 3.77. The van der Waals surface area contributed by atoms with E-state index in [1.807, 2.05) is 37.3 Å². The van der Waals surface area contributed by atoms with Gasteiger partial charge in [0.1, 0.15) is 6.04 Å². The van der Waals surface area contributed by atoms with Crippen LogP contribution in [0.15, 0.2) is 45.3 Å². The van der Waals surface area contributed by atoms with Gasteiger partial charge in [0.15, 0.2) is 5.78 Å². The molecule has 2 aromatic carbocycles. The van der Waals surface area contributed by atoms with Crippen molar-refractivity contribution in [2.45, 2.75) is 19.9 Å². The molecular formula is C17H16Br2N2O2. The van der Waals surface area contributed by atoms with Crippen molar-refractivity contribution >= 4 is 49.2 Å². The van der Waals surface area contributed by atoms with Crippen LogP contribution in [0.25, 0.3) is 0 Å². The first-order valence-corrected chi connectivity index (χ1v) is 8.51. The molecule has 23 heavy (non-hydrogen) atoms. The summed E-state index contributed by atoms with van der Waals surface area (Å²) in [6, 6.07) is 10.2. The Morgan fingerprint density at radius 1 is 1.13 bits per heavy atom. The van der Waals surface area contributed by atoms with Crippen molar-refractivity contribution in [2.75, 3.05) is 5.32 Å². The Morgan fingerprint density at radius 3 is 2.26 bits per heavy atom. The Bertz CT molecular complexity index is 755. The summed E-state index contributed by atoms with van der Waals surface area (Å²) < 4.78 is 1.50. The number of rotatable bonds is 5. The van der Waals surface area contributed by atoms with Gasteiger partial charge in [-0.1, -0.05) is 44.0 Å². The molecule has 0 fully saturated rings. The van der Waals surface area contributed by atoms with Crippen LogP contribution in [0.1, 0.15) is 34.5 Å². The number of anilines is 1. The lowest BCUT2D eigenvalue weighted by Gasteiger charge is -2.21. The Morgan fingerprint density at radius 2 is 1.74 bits per heavy atom. The first-order chi connectivity index (χ1) is 10.8. The molecule has 0 aliphatic carbocycles. The van der Waals surface area contributed by atoms with E-state index in [0.717, 1.165) is 14.5 Å². The van der Waals surface area contributed by atoms with Crippen LogP contribution in [-0.2, 0) is 4.79 Å². The second kappa shape index (κ2) is 7.27. The van der Waals surface area contributed by atoms with Gasteiger partial charge in [0.2, 0.25) is 5.91 Å². The standard InChI is InChI=1S/C17H16Br2N2O2/c1-9-6-7-11(10(2)22)14(8-9)21-16(17(20)23)15-12(18)4-3-5-13(15)19/h3-8,16,21H,1-2H3,(H2,20,23)/t16-/m0/s1. The van der Waals surface area contributed by atoms with Crippen LogP contribution in [0.4, 0.5) is 5.69 Å². The maximum Gasteiger partial charge on any atom is 0.244 e. The largest absolute Gasteiger partial charge is 0.369 e. The van der Waals surface area contributed by atoms with E-state index in [1.165, 1.54) is 6.92 Å². The second-order valence-electron chi connectivity index (χ2n) is 5.22. The topological polar surface area (TPSA) is 72.2 Å². The minimum Gasteiger partial charge on any atom is -0.369 e. The predicted octanol–water partition coefficient (Wildman–Crippen LogP) is 4.36. The van der Waals surface area contributed by atoms with Crippen LogP contribution >= 0.6 is 31.9 Å². The summed E-state index contributed by atoms with van der Waals surface area (Å²) in [5, 5.41) is 3.11. The van der Waals surface area contributed by atoms with E-state index in [9.17, 15) is 9.59 Å². The van der Waals surface area contributed by atoms with Crippen molar-refractivity contribution in [3.8, 4) is 0 Å². The van der Waals surface area contributed by atoms with Crippen molar-refractivity contribution in [3.63, 3.8) is 0 Å². The molecule has 0 aliphatic heterocycles. The zero-order valence-electron chi connectivity index (χ0n) is 12.7. The number of ketones is 1. The molecule has 0 unspecified atom stereocenters. The summed E-state index contributed by atoms with van der Waals surface area (Å²) in [6.07, 6.45) is 0. The highest BCUT2D eigenvalue weighted by Crippen LogP contribution is 2.33. The first kappa shape index (κ1) is 17.7. The number of primary amides is 1. The SMILES string of the molecule is CC(=O)c1ccc(C)cc1N[C@H](C(N)=O)c1c(Br)cccc1Br. The van der Waals surface area contributed by atoms with Crippen LogP contribution in [-0.4, -0.2) is 11.7 Å². The van der Waals surface area contributed by atoms with Gasteiger partial charge in [0.05, 0.1) is 0 Å². The average molecular weight is 440 g/mol. The molecule has 0 bridgehead atoms. The molecule has 0 spiro atoms. The molecule has 0 aromatic heterocycles. The summed E-state index contributed by atoms with van der Waals surface area (Å²) in [5.41, 5.74) is 8.37. The summed E-state index contributed by atoms with van der Waals surface area (Å²) in [7, 11) is 0. The normalized spacial score (nSPS) is 11.8. The molecule has 2 rings (SSSR count). The summed E-state index contributed by atoms with van der Waals surface area (Å²) in [4.78, 5) is 23.8. The zero-order valence-corrected chi connectivity index (χ0v) is 15.9. The van der Waals surface area contributed by atoms with Crippen molar-refractivity contribution in [2.24, 2.45) is 5.73 Å². The molecule has 1 amide bonds. The number of hydrogen-bond donors (Lipinski definition) is 2. The number of aryl methyl sites for hydroxylation is 1. The average Bonchev–Trinajstić information content (AvgIpc) is 2.45. The molecule has 4 nitrogen and oxygen atoms in total. The van der Waals surface area contributed by atoms with E-state index in [1.54, 1.807) is 6.07 Å². The Balaban J connectivity index is 2.52. The molecule has 120 valence electrons. The van der Waals surface area contributed by atoms with Crippen molar-refractivity contribution in [1.82, 2.24) is 0 Å². The van der Waals surface area contributed by atoms with E-state index in [0.29, 0.717) is 16.8 Å². The van der Waals surface area contributed by atoms with Crippen molar-refractivity contribution in [1.29, 1.82) is 0 Å². The lowest BCUT2D eigenvalue weighted by Crippen LogP contribution is -2.29. The molecule has 3 N–H and O–H groups in total. The molecule has 0 heterocycles. The number of carbonyl (C=O) groups excluding carboxylic acids is 2. The molecule has 0 saturated heterocycles. The highest BCUT2D eigenvalue weighted by Gasteiger charge is 2.24. The van der Waals surface area contributed by atoms with Crippen LogP contribution < -0.4 is 11.1 Å². The van der Waals surface area contributed by atoms with Crippen molar-refractivity contribution in [3.05, 3.63) is 62.0 Å². The fourth-order valence-electron chi connectivity index (χ4n) is 2.31. The monoisotopic (exact) mass is 438 g/mol. The van der Waals surface area contributed by atoms with Gasteiger partial charge < -0.3 is 11.1 Å². The Hall–Kier alpha value is -1.66. The molecule has 2 aromatic rings. The fraction of sp³-hybridized carbons (Fsp3) is 0.176. The Labute approximate surface area is 151 Å².